The monoisotopic (exact) mass is 360 g/mol. The van der Waals surface area contributed by atoms with E-state index in [1.165, 1.54) is 4.90 Å². The van der Waals surface area contributed by atoms with Crippen LogP contribution in [0, 0.1) is 0 Å². The van der Waals surface area contributed by atoms with Crippen LogP contribution < -0.4 is 10.6 Å². The van der Waals surface area contributed by atoms with Crippen molar-refractivity contribution >= 4 is 23.0 Å². The third kappa shape index (κ3) is 4.29. The highest BCUT2D eigenvalue weighted by atomic mass is 16.5. The predicted molar refractivity (Wildman–Crippen MR) is 95.9 cm³/mol. The molecule has 0 saturated carbocycles. The van der Waals surface area contributed by atoms with Crippen molar-refractivity contribution in [2.24, 2.45) is 0 Å². The second-order valence-electron chi connectivity index (χ2n) is 6.49. The molecule has 1 saturated heterocycles. The Kier molecular flexibility index (Phi) is 5.67. The number of amides is 3. The standard InChI is InChI=1S/C17H24N6O3/c1-22(2)16(24)12-5-6-15-14(10-12)20-21-23(15)8-7-18-17(25)19-11-13-4-3-9-26-13/h5-6,10,13H,3-4,7-9,11H2,1-2H3,(H2,18,19,25). The van der Waals surface area contributed by atoms with Crippen molar-refractivity contribution in [3.63, 3.8) is 0 Å². The lowest BCUT2D eigenvalue weighted by Crippen LogP contribution is -2.40. The zero-order valence-electron chi connectivity index (χ0n) is 15.1. The Labute approximate surface area is 151 Å². The van der Waals surface area contributed by atoms with E-state index in [4.69, 9.17) is 4.74 Å². The van der Waals surface area contributed by atoms with Gasteiger partial charge in [-0.05, 0) is 31.0 Å². The molecule has 2 heterocycles. The van der Waals surface area contributed by atoms with Crippen LogP contribution in [-0.2, 0) is 11.3 Å². The number of nitrogens with zero attached hydrogens (tertiary/aromatic N) is 4. The summed E-state index contributed by atoms with van der Waals surface area (Å²) in [5.41, 5.74) is 2.04. The summed E-state index contributed by atoms with van der Waals surface area (Å²) < 4.78 is 7.17. The minimum atomic E-state index is -0.219. The second-order valence-corrected chi connectivity index (χ2v) is 6.49. The highest BCUT2D eigenvalue weighted by Crippen LogP contribution is 2.14. The van der Waals surface area contributed by atoms with E-state index in [2.05, 4.69) is 20.9 Å². The highest BCUT2D eigenvalue weighted by molar-refractivity contribution is 5.97. The average molecular weight is 360 g/mol. The molecule has 1 aromatic heterocycles. The number of carbonyl (C=O) groups excluding carboxylic acids is 2. The summed E-state index contributed by atoms with van der Waals surface area (Å²) in [5.74, 6) is -0.0777. The van der Waals surface area contributed by atoms with Gasteiger partial charge in [-0.1, -0.05) is 5.21 Å². The van der Waals surface area contributed by atoms with Crippen molar-refractivity contribution in [2.75, 3.05) is 33.8 Å². The fraction of sp³-hybridized carbons (Fsp3) is 0.529. The van der Waals surface area contributed by atoms with Gasteiger partial charge in [0.2, 0.25) is 0 Å². The third-order valence-corrected chi connectivity index (χ3v) is 4.29. The smallest absolute Gasteiger partial charge is 0.314 e. The lowest BCUT2D eigenvalue weighted by molar-refractivity contribution is 0.0827. The topological polar surface area (TPSA) is 101 Å². The minimum absolute atomic E-state index is 0.0777. The summed E-state index contributed by atoms with van der Waals surface area (Å²) >= 11 is 0. The highest BCUT2D eigenvalue weighted by Gasteiger charge is 2.16. The Morgan fingerprint density at radius 3 is 2.92 bits per heavy atom. The van der Waals surface area contributed by atoms with Crippen LogP contribution in [0.4, 0.5) is 4.79 Å². The van der Waals surface area contributed by atoms with Crippen molar-refractivity contribution < 1.29 is 14.3 Å². The van der Waals surface area contributed by atoms with Crippen LogP contribution in [0.3, 0.4) is 0 Å². The molecular weight excluding hydrogens is 336 g/mol. The van der Waals surface area contributed by atoms with Crippen molar-refractivity contribution in [3.8, 4) is 0 Å². The van der Waals surface area contributed by atoms with E-state index in [9.17, 15) is 9.59 Å². The predicted octanol–water partition coefficient (Wildman–Crippen LogP) is 0.611. The Morgan fingerprint density at radius 1 is 1.35 bits per heavy atom. The minimum Gasteiger partial charge on any atom is -0.376 e. The molecule has 1 aliphatic rings. The van der Waals surface area contributed by atoms with Gasteiger partial charge < -0.3 is 20.3 Å². The number of carbonyl (C=O) groups is 2. The second kappa shape index (κ2) is 8.13. The lowest BCUT2D eigenvalue weighted by atomic mass is 10.2. The summed E-state index contributed by atoms with van der Waals surface area (Å²) in [6, 6.07) is 5.09. The summed E-state index contributed by atoms with van der Waals surface area (Å²) in [4.78, 5) is 25.3. The number of benzene rings is 1. The maximum atomic E-state index is 12.0. The van der Waals surface area contributed by atoms with Crippen LogP contribution in [0.25, 0.3) is 11.0 Å². The summed E-state index contributed by atoms with van der Waals surface area (Å²) in [6.07, 6.45) is 2.16. The fourth-order valence-electron chi connectivity index (χ4n) is 2.88. The molecule has 0 radical (unpaired) electrons. The van der Waals surface area contributed by atoms with Gasteiger partial charge in [0.15, 0.2) is 0 Å². The molecule has 1 aromatic carbocycles. The summed E-state index contributed by atoms with van der Waals surface area (Å²) in [5, 5.41) is 13.8. The molecule has 3 amide bonds. The molecule has 2 N–H and O–H groups in total. The van der Waals surface area contributed by atoms with Gasteiger partial charge in [0.1, 0.15) is 5.52 Å². The molecular formula is C17H24N6O3. The Hall–Kier alpha value is -2.68. The molecule has 1 aliphatic heterocycles. The van der Waals surface area contributed by atoms with Gasteiger partial charge in [-0.3, -0.25) is 4.79 Å². The molecule has 3 rings (SSSR count). The SMILES string of the molecule is CN(C)C(=O)c1ccc2c(c1)nnn2CCNC(=O)NCC1CCCO1. The molecule has 9 nitrogen and oxygen atoms in total. The third-order valence-electron chi connectivity index (χ3n) is 4.29. The molecule has 0 spiro atoms. The summed E-state index contributed by atoms with van der Waals surface area (Å²) in [6.45, 7) is 2.22. The van der Waals surface area contributed by atoms with Crippen LogP contribution in [-0.4, -0.2) is 71.7 Å². The Bertz CT molecular complexity index is 782. The Balaban J connectivity index is 1.51. The van der Waals surface area contributed by atoms with Gasteiger partial charge in [0.05, 0.1) is 18.2 Å². The van der Waals surface area contributed by atoms with Crippen LogP contribution in [0.1, 0.15) is 23.2 Å². The maximum Gasteiger partial charge on any atom is 0.314 e. The van der Waals surface area contributed by atoms with Gasteiger partial charge in [-0.2, -0.15) is 0 Å². The van der Waals surface area contributed by atoms with E-state index < -0.39 is 0 Å². The van der Waals surface area contributed by atoms with E-state index in [-0.39, 0.29) is 18.0 Å². The first-order valence-electron chi connectivity index (χ1n) is 8.73. The molecule has 9 heteroatoms. The zero-order chi connectivity index (χ0) is 18.5. The van der Waals surface area contributed by atoms with Crippen LogP contribution in [0.2, 0.25) is 0 Å². The zero-order valence-corrected chi connectivity index (χ0v) is 15.1. The number of ether oxygens (including phenoxy) is 1. The first kappa shape index (κ1) is 18.1. The normalized spacial score (nSPS) is 16.6. The lowest BCUT2D eigenvalue weighted by Gasteiger charge is -2.12. The van der Waals surface area contributed by atoms with Gasteiger partial charge in [-0.25, -0.2) is 9.48 Å². The van der Waals surface area contributed by atoms with Crippen LogP contribution in [0.5, 0.6) is 0 Å². The van der Waals surface area contributed by atoms with Gasteiger partial charge in [0, 0.05) is 39.4 Å². The van der Waals surface area contributed by atoms with E-state index in [0.29, 0.717) is 30.7 Å². The molecule has 0 aliphatic carbocycles. The van der Waals surface area contributed by atoms with Gasteiger partial charge >= 0.3 is 6.03 Å². The number of rotatable bonds is 6. The molecule has 1 atom stereocenters. The maximum absolute atomic E-state index is 12.0. The van der Waals surface area contributed by atoms with E-state index in [1.807, 2.05) is 6.07 Å². The molecule has 0 bridgehead atoms. The van der Waals surface area contributed by atoms with Crippen molar-refractivity contribution in [1.82, 2.24) is 30.5 Å². The van der Waals surface area contributed by atoms with Crippen molar-refractivity contribution in [3.05, 3.63) is 23.8 Å². The number of urea groups is 1. The van der Waals surface area contributed by atoms with Gasteiger partial charge in [0.25, 0.3) is 5.91 Å². The Morgan fingerprint density at radius 2 is 2.19 bits per heavy atom. The number of nitrogens with one attached hydrogen (secondary N) is 2. The first-order chi connectivity index (χ1) is 12.5. The van der Waals surface area contributed by atoms with E-state index >= 15 is 0 Å². The molecule has 1 fully saturated rings. The largest absolute Gasteiger partial charge is 0.376 e. The fourth-order valence-corrected chi connectivity index (χ4v) is 2.88. The summed E-state index contributed by atoms with van der Waals surface area (Å²) in [7, 11) is 3.41. The first-order valence-corrected chi connectivity index (χ1v) is 8.73. The van der Waals surface area contributed by atoms with E-state index in [0.717, 1.165) is 25.0 Å². The van der Waals surface area contributed by atoms with Crippen LogP contribution >= 0.6 is 0 Å². The van der Waals surface area contributed by atoms with Gasteiger partial charge in [-0.15, -0.1) is 5.10 Å². The van der Waals surface area contributed by atoms with Crippen molar-refractivity contribution in [2.45, 2.75) is 25.5 Å². The number of hydrogen-bond donors (Lipinski definition) is 2. The number of fused-ring (bicyclic) bond motifs is 1. The quantitative estimate of drug-likeness (QED) is 0.786. The molecule has 140 valence electrons. The number of hydrogen-bond acceptors (Lipinski definition) is 5. The molecule has 26 heavy (non-hydrogen) atoms. The van der Waals surface area contributed by atoms with E-state index in [1.54, 1.807) is 30.9 Å². The molecule has 2 aromatic rings. The van der Waals surface area contributed by atoms with Crippen LogP contribution in [0.15, 0.2) is 18.2 Å². The molecule has 1 unspecified atom stereocenters. The average Bonchev–Trinajstić information content (AvgIpc) is 3.28. The number of aromatic nitrogens is 3. The van der Waals surface area contributed by atoms with Crippen molar-refractivity contribution in [1.29, 1.82) is 0 Å².